The van der Waals surface area contributed by atoms with Gasteiger partial charge in [0.15, 0.2) is 0 Å². The average Bonchev–Trinajstić information content (AvgIpc) is 2.35. The van der Waals surface area contributed by atoms with E-state index in [2.05, 4.69) is 21.2 Å². The van der Waals surface area contributed by atoms with Gasteiger partial charge in [0, 0.05) is 14.6 Å². The summed E-state index contributed by atoms with van der Waals surface area (Å²) in [6.07, 6.45) is 0. The van der Waals surface area contributed by atoms with Gasteiger partial charge in [-0.25, -0.2) is 0 Å². The lowest BCUT2D eigenvalue weighted by atomic mass is 10.2. The Morgan fingerprint density at radius 3 is 2.70 bits per heavy atom. The molecule has 0 atom stereocenters. The molecule has 6 nitrogen and oxygen atoms in total. The van der Waals surface area contributed by atoms with Crippen molar-refractivity contribution in [3.63, 3.8) is 0 Å². The Hall–Kier alpha value is -1.93. The second kappa shape index (κ2) is 5.59. The highest BCUT2D eigenvalue weighted by molar-refractivity contribution is 9.10. The molecular weight excluding hydrogens is 350 g/mol. The number of carbonyl (C=O) groups excluding carboxylic acids is 1. The molecule has 2 aromatic rings. The van der Waals surface area contributed by atoms with Crippen LogP contribution in [0.5, 0.6) is 5.75 Å². The maximum Gasteiger partial charge on any atom is 0.322 e. The fraction of sp³-hybridized carbons (Fsp3) is 0.0833. The summed E-state index contributed by atoms with van der Waals surface area (Å²) in [5, 5.41) is 20.9. The number of aliphatic carboxylic acids is 1. The molecule has 0 aliphatic carbocycles. The van der Waals surface area contributed by atoms with Crippen LogP contribution in [0, 0.1) is 0 Å². The highest BCUT2D eigenvalue weighted by Crippen LogP contribution is 2.30. The van der Waals surface area contributed by atoms with Crippen molar-refractivity contribution in [1.82, 2.24) is 5.32 Å². The number of nitrogens with one attached hydrogen (secondary N) is 1. The van der Waals surface area contributed by atoms with Crippen LogP contribution in [-0.4, -0.2) is 28.6 Å². The summed E-state index contributed by atoms with van der Waals surface area (Å²) in [6, 6.07) is 4.89. The Labute approximate surface area is 124 Å². The maximum atomic E-state index is 11.9. The van der Waals surface area contributed by atoms with Crippen molar-refractivity contribution in [2.75, 3.05) is 6.54 Å². The minimum absolute atomic E-state index is 0.360. The second-order valence-electron chi connectivity index (χ2n) is 3.83. The van der Waals surface area contributed by atoms with Gasteiger partial charge in [0.2, 0.25) is 4.74 Å². The molecular formula is C12H8BrNO5S. The van der Waals surface area contributed by atoms with E-state index in [1.165, 1.54) is 0 Å². The van der Waals surface area contributed by atoms with Crippen LogP contribution in [0.25, 0.3) is 10.1 Å². The molecule has 1 amide bonds. The zero-order chi connectivity index (χ0) is 14.9. The van der Waals surface area contributed by atoms with Crippen LogP contribution in [0.3, 0.4) is 0 Å². The lowest BCUT2D eigenvalue weighted by Gasteiger charge is -2.06. The predicted molar refractivity (Wildman–Crippen MR) is 77.4 cm³/mol. The molecule has 1 aromatic carbocycles. The Morgan fingerprint density at radius 2 is 2.05 bits per heavy atom. The largest absolute Gasteiger partial charge is 0.506 e. The number of carboxylic acid groups (broad SMARTS) is 1. The van der Waals surface area contributed by atoms with Gasteiger partial charge in [-0.15, -0.1) is 0 Å². The number of amides is 1. The molecule has 0 radical (unpaired) electrons. The van der Waals surface area contributed by atoms with Crippen molar-refractivity contribution in [1.29, 1.82) is 0 Å². The molecule has 104 valence electrons. The molecule has 3 N–H and O–H groups in total. The number of aromatic hydroxyl groups is 1. The summed E-state index contributed by atoms with van der Waals surface area (Å²) in [7, 11) is 0. The van der Waals surface area contributed by atoms with Gasteiger partial charge >= 0.3 is 5.97 Å². The highest BCUT2D eigenvalue weighted by Gasteiger charge is 2.19. The smallest absolute Gasteiger partial charge is 0.322 e. The lowest BCUT2D eigenvalue weighted by molar-refractivity contribution is -0.135. The molecule has 0 aliphatic heterocycles. The van der Waals surface area contributed by atoms with E-state index in [9.17, 15) is 19.5 Å². The summed E-state index contributed by atoms with van der Waals surface area (Å²) in [5.41, 5.74) is -0.439. The van der Waals surface area contributed by atoms with Gasteiger partial charge in [-0.3, -0.25) is 14.4 Å². The number of hydrogen-bond acceptors (Lipinski definition) is 5. The van der Waals surface area contributed by atoms with E-state index < -0.39 is 34.5 Å². The molecule has 1 heterocycles. The average molecular weight is 358 g/mol. The van der Waals surface area contributed by atoms with Crippen molar-refractivity contribution in [2.24, 2.45) is 0 Å². The number of carbonyl (C=O) groups is 2. The molecule has 0 bridgehead atoms. The van der Waals surface area contributed by atoms with Crippen molar-refractivity contribution >= 4 is 49.2 Å². The topological polar surface area (TPSA) is 104 Å². The number of hydrogen-bond donors (Lipinski definition) is 3. The predicted octanol–water partition coefficient (Wildman–Crippen LogP) is 1.54. The fourth-order valence-corrected chi connectivity index (χ4v) is 3.07. The van der Waals surface area contributed by atoms with E-state index in [-0.39, 0.29) is 0 Å². The third-order valence-electron chi connectivity index (χ3n) is 2.47. The quantitative estimate of drug-likeness (QED) is 0.772. The first-order chi connectivity index (χ1) is 9.40. The first kappa shape index (κ1) is 14.5. The molecule has 0 aliphatic rings. The summed E-state index contributed by atoms with van der Waals surface area (Å²) < 4.78 is 0.635. The normalized spacial score (nSPS) is 10.4. The molecule has 8 heteroatoms. The van der Waals surface area contributed by atoms with Crippen molar-refractivity contribution in [2.45, 2.75) is 0 Å². The Morgan fingerprint density at radius 1 is 1.35 bits per heavy atom. The van der Waals surface area contributed by atoms with Gasteiger partial charge in [0.25, 0.3) is 5.91 Å². The van der Waals surface area contributed by atoms with Gasteiger partial charge in [0.1, 0.15) is 17.9 Å². The van der Waals surface area contributed by atoms with Crippen LogP contribution >= 0.6 is 27.3 Å². The van der Waals surface area contributed by atoms with Gasteiger partial charge in [-0.2, -0.15) is 0 Å². The van der Waals surface area contributed by atoms with Crippen LogP contribution in [-0.2, 0) is 4.79 Å². The summed E-state index contributed by atoms with van der Waals surface area (Å²) in [4.78, 5) is 34.0. The minimum atomic E-state index is -1.24. The number of fused-ring (bicyclic) bond motifs is 1. The van der Waals surface area contributed by atoms with Gasteiger partial charge in [-0.1, -0.05) is 27.3 Å². The van der Waals surface area contributed by atoms with Crippen LogP contribution in [0.4, 0.5) is 0 Å². The van der Waals surface area contributed by atoms with Crippen LogP contribution < -0.4 is 10.1 Å². The van der Waals surface area contributed by atoms with Gasteiger partial charge in [-0.05, 0) is 18.2 Å². The Balaban J connectivity index is 2.54. The first-order valence-corrected chi connectivity index (χ1v) is 6.96. The SMILES string of the molecule is O=C(O)CNC(=O)c1c(O)c2ccc(Br)cc2sc1=O. The third kappa shape index (κ3) is 2.81. The lowest BCUT2D eigenvalue weighted by Crippen LogP contribution is -2.32. The molecule has 0 spiro atoms. The zero-order valence-electron chi connectivity index (χ0n) is 9.84. The second-order valence-corrected chi connectivity index (χ2v) is 5.76. The molecule has 0 saturated heterocycles. The highest BCUT2D eigenvalue weighted by atomic mass is 79.9. The number of rotatable bonds is 3. The monoisotopic (exact) mass is 357 g/mol. The van der Waals surface area contributed by atoms with E-state index in [0.717, 1.165) is 15.8 Å². The van der Waals surface area contributed by atoms with Gasteiger partial charge in [0.05, 0.1) is 0 Å². The van der Waals surface area contributed by atoms with E-state index in [4.69, 9.17) is 5.11 Å². The van der Waals surface area contributed by atoms with E-state index in [1.807, 2.05) is 0 Å². The van der Waals surface area contributed by atoms with Crippen LogP contribution in [0.2, 0.25) is 0 Å². The summed E-state index contributed by atoms with van der Waals surface area (Å²) in [5.74, 6) is -2.59. The minimum Gasteiger partial charge on any atom is -0.506 e. The molecule has 20 heavy (non-hydrogen) atoms. The van der Waals surface area contributed by atoms with Crippen molar-refractivity contribution < 1.29 is 19.8 Å². The van der Waals surface area contributed by atoms with Crippen LogP contribution in [0.15, 0.2) is 27.5 Å². The van der Waals surface area contributed by atoms with Gasteiger partial charge < -0.3 is 15.5 Å². The number of benzene rings is 1. The molecule has 0 saturated carbocycles. The molecule has 1 aromatic heterocycles. The standard InChI is InChI=1S/C12H8BrNO5S/c13-5-1-2-6-7(3-5)20-12(19)9(10(6)17)11(18)14-4-8(15)16/h1-3,17H,4H2,(H,14,18)(H,15,16). The van der Waals surface area contributed by atoms with Crippen LogP contribution in [0.1, 0.15) is 10.4 Å². The Kier molecular flexibility index (Phi) is 4.05. The number of carboxylic acids is 1. The summed E-state index contributed by atoms with van der Waals surface area (Å²) >= 11 is 4.05. The molecule has 0 fully saturated rings. The van der Waals surface area contributed by atoms with E-state index in [1.54, 1.807) is 18.2 Å². The Bertz CT molecular complexity index is 770. The number of halogens is 1. The maximum absolute atomic E-state index is 11.9. The third-order valence-corrected chi connectivity index (χ3v) is 3.91. The molecule has 0 unspecified atom stereocenters. The molecule has 2 rings (SSSR count). The van der Waals surface area contributed by atoms with E-state index >= 15 is 0 Å². The van der Waals surface area contributed by atoms with Crippen molar-refractivity contribution in [3.05, 3.63) is 37.8 Å². The fourth-order valence-electron chi connectivity index (χ4n) is 1.60. The first-order valence-electron chi connectivity index (χ1n) is 5.35. The zero-order valence-corrected chi connectivity index (χ0v) is 12.2. The summed E-state index contributed by atoms with van der Waals surface area (Å²) in [6.45, 7) is -0.624. The van der Waals surface area contributed by atoms with E-state index in [0.29, 0.717) is 10.1 Å². The van der Waals surface area contributed by atoms with Crippen molar-refractivity contribution in [3.8, 4) is 5.75 Å².